The van der Waals surface area contributed by atoms with Crippen molar-refractivity contribution in [2.45, 2.75) is 74.6 Å². The Morgan fingerprint density at radius 1 is 1.00 bits per heavy atom. The van der Waals surface area contributed by atoms with Gasteiger partial charge < -0.3 is 10.2 Å². The molecule has 24 heavy (non-hydrogen) atoms. The van der Waals surface area contributed by atoms with Gasteiger partial charge in [-0.3, -0.25) is 0 Å². The first kappa shape index (κ1) is 17.3. The molecule has 1 aromatic heterocycles. The molecule has 3 rings (SSSR count). The van der Waals surface area contributed by atoms with Crippen molar-refractivity contribution in [3.05, 3.63) is 24.3 Å². The number of imidazole rings is 1. The Labute approximate surface area is 148 Å². The zero-order chi connectivity index (χ0) is 16.6. The molecule has 5 heteroatoms. The number of nitrogens with zero attached hydrogens (tertiary/aromatic N) is 2. The fraction of sp³-hybridized carbons (Fsp3) is 0.579. The van der Waals surface area contributed by atoms with Crippen molar-refractivity contribution >= 4 is 28.5 Å². The van der Waals surface area contributed by atoms with Gasteiger partial charge in [-0.15, -0.1) is 0 Å². The lowest BCUT2D eigenvalue weighted by atomic mass is 9.99. The molecule has 1 atom stereocenters. The third-order valence-electron chi connectivity index (χ3n) is 4.77. The van der Waals surface area contributed by atoms with E-state index in [0.29, 0.717) is 0 Å². The second kappa shape index (κ2) is 9.11. The Morgan fingerprint density at radius 2 is 1.71 bits per heavy atom. The van der Waals surface area contributed by atoms with Crippen LogP contribution in [0.25, 0.3) is 11.0 Å². The van der Waals surface area contributed by atoms with Gasteiger partial charge in [0.05, 0.1) is 22.0 Å². The van der Waals surface area contributed by atoms with E-state index in [4.69, 9.17) is 0 Å². The summed E-state index contributed by atoms with van der Waals surface area (Å²) in [6, 6.07) is 8.10. The van der Waals surface area contributed by atoms with E-state index in [1.165, 1.54) is 44.9 Å². The first-order chi connectivity index (χ1) is 11.9. The number of oxime groups is 1. The second-order valence-corrected chi connectivity index (χ2v) is 7.82. The van der Waals surface area contributed by atoms with E-state index in [1.54, 1.807) is 11.8 Å². The Balaban J connectivity index is 1.72. The number of hydrogen-bond acceptors (Lipinski definition) is 4. The molecular formula is C19H27N3OS. The van der Waals surface area contributed by atoms with Crippen LogP contribution < -0.4 is 0 Å². The molecule has 0 saturated heterocycles. The van der Waals surface area contributed by atoms with Gasteiger partial charge in [-0.1, -0.05) is 74.0 Å². The van der Waals surface area contributed by atoms with E-state index in [1.807, 2.05) is 18.2 Å². The molecule has 0 amide bonds. The number of thioether (sulfide) groups is 1. The van der Waals surface area contributed by atoms with Crippen molar-refractivity contribution in [3.8, 4) is 0 Å². The molecule has 1 fully saturated rings. The van der Waals surface area contributed by atoms with Gasteiger partial charge in [-0.05, 0) is 31.4 Å². The fourth-order valence-corrected chi connectivity index (χ4v) is 4.56. The average Bonchev–Trinajstić information content (AvgIpc) is 3.00. The first-order valence-electron chi connectivity index (χ1n) is 9.19. The molecule has 0 aliphatic heterocycles. The van der Waals surface area contributed by atoms with Gasteiger partial charge in [-0.25, -0.2) is 4.98 Å². The number of fused-ring (bicyclic) bond motifs is 1. The third-order valence-corrected chi connectivity index (χ3v) is 5.98. The second-order valence-electron chi connectivity index (χ2n) is 6.62. The van der Waals surface area contributed by atoms with Crippen LogP contribution in [-0.4, -0.2) is 26.1 Å². The Kier molecular flexibility index (Phi) is 6.58. The van der Waals surface area contributed by atoms with E-state index in [2.05, 4.69) is 21.2 Å². The van der Waals surface area contributed by atoms with E-state index in [-0.39, 0.29) is 5.25 Å². The summed E-state index contributed by atoms with van der Waals surface area (Å²) in [5, 5.41) is 14.3. The van der Waals surface area contributed by atoms with Crippen LogP contribution in [-0.2, 0) is 0 Å². The van der Waals surface area contributed by atoms with Gasteiger partial charge in [0.25, 0.3) is 0 Å². The Hall–Kier alpha value is -1.49. The van der Waals surface area contributed by atoms with Crippen LogP contribution in [0, 0.1) is 0 Å². The molecule has 0 bridgehead atoms. The van der Waals surface area contributed by atoms with Crippen LogP contribution in [0.15, 0.2) is 34.6 Å². The molecule has 130 valence electrons. The van der Waals surface area contributed by atoms with E-state index in [9.17, 15) is 5.21 Å². The van der Waals surface area contributed by atoms with Crippen LogP contribution in [0.2, 0.25) is 0 Å². The molecule has 1 heterocycles. The van der Waals surface area contributed by atoms with Crippen LogP contribution in [0.1, 0.15) is 64.2 Å². The van der Waals surface area contributed by atoms with Crippen molar-refractivity contribution in [3.63, 3.8) is 0 Å². The number of aromatic nitrogens is 2. The lowest BCUT2D eigenvalue weighted by molar-refractivity contribution is 0.315. The molecule has 2 aromatic rings. The SMILES string of the molecule is O/N=C1/CCCCCCCCCCC1Sc1nc2ccccc2[nH]1. The van der Waals surface area contributed by atoms with Crippen molar-refractivity contribution in [1.29, 1.82) is 0 Å². The minimum atomic E-state index is 0.218. The molecule has 1 aliphatic carbocycles. The number of para-hydroxylation sites is 2. The maximum Gasteiger partial charge on any atom is 0.167 e. The molecule has 1 saturated carbocycles. The summed E-state index contributed by atoms with van der Waals surface area (Å²) in [7, 11) is 0. The highest BCUT2D eigenvalue weighted by Crippen LogP contribution is 2.30. The topological polar surface area (TPSA) is 61.3 Å². The summed E-state index contributed by atoms with van der Waals surface area (Å²) in [5.41, 5.74) is 2.99. The lowest BCUT2D eigenvalue weighted by Crippen LogP contribution is -2.18. The maximum atomic E-state index is 9.53. The minimum absolute atomic E-state index is 0.218. The maximum absolute atomic E-state index is 9.53. The predicted molar refractivity (Wildman–Crippen MR) is 101 cm³/mol. The highest BCUT2D eigenvalue weighted by Gasteiger charge is 2.20. The van der Waals surface area contributed by atoms with Crippen LogP contribution in [0.5, 0.6) is 0 Å². The fourth-order valence-electron chi connectivity index (χ4n) is 3.39. The molecule has 1 aromatic carbocycles. The van der Waals surface area contributed by atoms with Crippen molar-refractivity contribution in [1.82, 2.24) is 9.97 Å². The van der Waals surface area contributed by atoms with Gasteiger partial charge in [0, 0.05) is 0 Å². The first-order valence-corrected chi connectivity index (χ1v) is 10.1. The molecule has 4 nitrogen and oxygen atoms in total. The molecule has 1 aliphatic rings. The monoisotopic (exact) mass is 345 g/mol. The molecule has 0 radical (unpaired) electrons. The van der Waals surface area contributed by atoms with Gasteiger partial charge in [0.2, 0.25) is 0 Å². The number of H-pyrrole nitrogens is 1. The highest BCUT2D eigenvalue weighted by atomic mass is 32.2. The van der Waals surface area contributed by atoms with Crippen LogP contribution in [0.4, 0.5) is 0 Å². The Bertz CT molecular complexity index is 634. The Morgan fingerprint density at radius 3 is 2.46 bits per heavy atom. The minimum Gasteiger partial charge on any atom is -0.411 e. The molecule has 2 N–H and O–H groups in total. The summed E-state index contributed by atoms with van der Waals surface area (Å²) in [6.07, 6.45) is 12.1. The predicted octanol–water partition coefficient (Wildman–Crippen LogP) is 5.77. The van der Waals surface area contributed by atoms with Crippen LogP contribution in [0.3, 0.4) is 0 Å². The van der Waals surface area contributed by atoms with Crippen molar-refractivity contribution in [2.24, 2.45) is 5.16 Å². The number of rotatable bonds is 2. The summed E-state index contributed by atoms with van der Waals surface area (Å²) in [4.78, 5) is 8.06. The summed E-state index contributed by atoms with van der Waals surface area (Å²) in [6.45, 7) is 0. The zero-order valence-electron chi connectivity index (χ0n) is 14.2. The number of aromatic amines is 1. The average molecular weight is 346 g/mol. The highest BCUT2D eigenvalue weighted by molar-refractivity contribution is 8.00. The van der Waals surface area contributed by atoms with E-state index < -0.39 is 0 Å². The van der Waals surface area contributed by atoms with Gasteiger partial charge in [0.1, 0.15) is 0 Å². The molecule has 0 spiro atoms. The van der Waals surface area contributed by atoms with Crippen LogP contribution >= 0.6 is 11.8 Å². The quantitative estimate of drug-likeness (QED) is 0.536. The third kappa shape index (κ3) is 4.76. The van der Waals surface area contributed by atoms with Gasteiger partial charge in [-0.2, -0.15) is 0 Å². The normalized spacial score (nSPS) is 23.0. The summed E-state index contributed by atoms with van der Waals surface area (Å²) >= 11 is 1.72. The smallest absolute Gasteiger partial charge is 0.167 e. The van der Waals surface area contributed by atoms with Gasteiger partial charge >= 0.3 is 0 Å². The number of nitrogens with one attached hydrogen (secondary N) is 1. The standard InChI is InChI=1S/C19H27N3OS/c23-22-17-13-7-5-3-1-2-4-6-8-14-18(17)24-19-20-15-11-9-10-12-16(15)21-19/h9-12,18,23H,1-8,13-14H2,(H,20,21)/b22-17-. The lowest BCUT2D eigenvalue weighted by Gasteiger charge is -2.17. The van der Waals surface area contributed by atoms with Gasteiger partial charge in [0.15, 0.2) is 5.16 Å². The number of benzene rings is 1. The van der Waals surface area contributed by atoms with Crippen molar-refractivity contribution < 1.29 is 5.21 Å². The van der Waals surface area contributed by atoms with Crippen molar-refractivity contribution in [2.75, 3.05) is 0 Å². The van der Waals surface area contributed by atoms with E-state index in [0.717, 1.165) is 41.2 Å². The largest absolute Gasteiger partial charge is 0.411 e. The summed E-state index contributed by atoms with van der Waals surface area (Å²) < 4.78 is 0. The van der Waals surface area contributed by atoms with E-state index >= 15 is 0 Å². The molecular weight excluding hydrogens is 318 g/mol. The summed E-state index contributed by atoms with van der Waals surface area (Å²) in [5.74, 6) is 0. The number of hydrogen-bond donors (Lipinski definition) is 2. The molecule has 1 unspecified atom stereocenters. The zero-order valence-corrected chi connectivity index (χ0v) is 15.0.